The van der Waals surface area contributed by atoms with Crippen molar-refractivity contribution in [1.29, 1.82) is 0 Å². The number of ether oxygens (including phenoxy) is 2. The van der Waals surface area contributed by atoms with Crippen LogP contribution in [0.2, 0.25) is 0 Å². The van der Waals surface area contributed by atoms with E-state index >= 15 is 0 Å². The number of para-hydroxylation sites is 1. The van der Waals surface area contributed by atoms with E-state index < -0.39 is 0 Å². The monoisotopic (exact) mass is 366 g/mol. The van der Waals surface area contributed by atoms with Crippen LogP contribution in [0.5, 0.6) is 11.5 Å². The molecule has 0 atom stereocenters. The number of nitrogens with zero attached hydrogens (tertiary/aromatic N) is 3. The van der Waals surface area contributed by atoms with Gasteiger partial charge in [-0.3, -0.25) is 9.20 Å². The Labute approximate surface area is 157 Å². The summed E-state index contributed by atoms with van der Waals surface area (Å²) >= 11 is 0. The topological polar surface area (TPSA) is 77.8 Å². The van der Waals surface area contributed by atoms with Gasteiger partial charge in [-0.05, 0) is 32.0 Å². The predicted molar refractivity (Wildman–Crippen MR) is 100 cm³/mol. The molecule has 27 heavy (non-hydrogen) atoms. The second-order valence-corrected chi connectivity index (χ2v) is 7.22. The lowest BCUT2D eigenvalue weighted by atomic mass is 10.0. The minimum absolute atomic E-state index is 0.0547. The van der Waals surface area contributed by atoms with Gasteiger partial charge in [0.2, 0.25) is 0 Å². The Morgan fingerprint density at radius 2 is 2.15 bits per heavy atom. The van der Waals surface area contributed by atoms with Crippen molar-refractivity contribution in [3.63, 3.8) is 0 Å². The molecule has 2 aromatic heterocycles. The summed E-state index contributed by atoms with van der Waals surface area (Å²) in [5.41, 5.74) is 1.66. The quantitative estimate of drug-likeness (QED) is 0.723. The summed E-state index contributed by atoms with van der Waals surface area (Å²) in [5, 5.41) is 11.1. The Kier molecular flexibility index (Phi) is 4.43. The van der Waals surface area contributed by atoms with Crippen LogP contribution in [0.1, 0.15) is 25.2 Å². The largest absolute Gasteiger partial charge is 0.483 e. The second kappa shape index (κ2) is 6.90. The number of hydrogen-bond acceptors (Lipinski definition) is 5. The van der Waals surface area contributed by atoms with Crippen LogP contribution in [0.4, 0.5) is 0 Å². The van der Waals surface area contributed by atoms with Crippen LogP contribution in [-0.2, 0) is 17.6 Å². The standard InChI is InChI=1S/C20H22N4O3/c1-20(2)12-14-6-5-7-15(19(14)27-20)26-13-18(25)21-10-9-17-23-22-16-8-3-4-11-24(16)17/h3-8,11H,9-10,12-13H2,1-2H3,(H,21,25). The van der Waals surface area contributed by atoms with E-state index in [0.717, 1.165) is 29.2 Å². The van der Waals surface area contributed by atoms with Crippen LogP contribution in [0.15, 0.2) is 42.6 Å². The zero-order valence-electron chi connectivity index (χ0n) is 15.4. The second-order valence-electron chi connectivity index (χ2n) is 7.22. The summed E-state index contributed by atoms with van der Waals surface area (Å²) in [6.07, 6.45) is 3.33. The van der Waals surface area contributed by atoms with Crippen LogP contribution in [0, 0.1) is 0 Å². The Hall–Kier alpha value is -3.09. The average molecular weight is 366 g/mol. The molecule has 4 rings (SSSR count). The van der Waals surface area contributed by atoms with Gasteiger partial charge in [0.15, 0.2) is 23.8 Å². The highest BCUT2D eigenvalue weighted by molar-refractivity contribution is 5.77. The van der Waals surface area contributed by atoms with Gasteiger partial charge in [0.25, 0.3) is 5.91 Å². The molecule has 1 amide bonds. The lowest BCUT2D eigenvalue weighted by Crippen LogP contribution is -2.31. The molecule has 3 heterocycles. The average Bonchev–Trinajstić information content (AvgIpc) is 3.19. The number of carbonyl (C=O) groups is 1. The van der Waals surface area contributed by atoms with Crippen molar-refractivity contribution in [3.8, 4) is 11.5 Å². The molecule has 0 saturated carbocycles. The Morgan fingerprint density at radius 3 is 3.04 bits per heavy atom. The van der Waals surface area contributed by atoms with Crippen LogP contribution in [0.3, 0.4) is 0 Å². The fourth-order valence-corrected chi connectivity index (χ4v) is 3.27. The number of aromatic nitrogens is 3. The lowest BCUT2D eigenvalue weighted by molar-refractivity contribution is -0.123. The van der Waals surface area contributed by atoms with E-state index in [1.165, 1.54) is 0 Å². The first kappa shape index (κ1) is 17.3. The van der Waals surface area contributed by atoms with E-state index in [1.54, 1.807) is 0 Å². The number of amides is 1. The van der Waals surface area contributed by atoms with Crippen molar-refractivity contribution < 1.29 is 14.3 Å². The summed E-state index contributed by atoms with van der Waals surface area (Å²) in [7, 11) is 0. The van der Waals surface area contributed by atoms with Crippen LogP contribution in [-0.4, -0.2) is 39.3 Å². The molecule has 140 valence electrons. The molecule has 0 spiro atoms. The van der Waals surface area contributed by atoms with Crippen LogP contribution < -0.4 is 14.8 Å². The van der Waals surface area contributed by atoms with Gasteiger partial charge in [0, 0.05) is 31.1 Å². The molecule has 0 bridgehead atoms. The third-order valence-electron chi connectivity index (χ3n) is 4.47. The third-order valence-corrected chi connectivity index (χ3v) is 4.47. The van der Waals surface area contributed by atoms with Gasteiger partial charge in [-0.1, -0.05) is 18.2 Å². The molecule has 1 N–H and O–H groups in total. The molecule has 3 aromatic rings. The molecule has 1 aromatic carbocycles. The highest BCUT2D eigenvalue weighted by Crippen LogP contribution is 2.41. The molecule has 0 fully saturated rings. The zero-order chi connectivity index (χ0) is 18.9. The van der Waals surface area contributed by atoms with E-state index in [2.05, 4.69) is 15.5 Å². The minimum Gasteiger partial charge on any atom is -0.483 e. The zero-order valence-corrected chi connectivity index (χ0v) is 15.4. The molecular formula is C20H22N4O3. The minimum atomic E-state index is -0.245. The van der Waals surface area contributed by atoms with E-state index in [4.69, 9.17) is 9.47 Å². The summed E-state index contributed by atoms with van der Waals surface area (Å²) in [4.78, 5) is 12.1. The third kappa shape index (κ3) is 3.72. The maximum Gasteiger partial charge on any atom is 0.257 e. The summed E-state index contributed by atoms with van der Waals surface area (Å²) in [5.74, 6) is 1.98. The van der Waals surface area contributed by atoms with E-state index in [1.807, 2.05) is 60.8 Å². The van der Waals surface area contributed by atoms with Gasteiger partial charge in [-0.25, -0.2) is 0 Å². The number of benzene rings is 1. The van der Waals surface area contributed by atoms with Gasteiger partial charge in [-0.15, -0.1) is 10.2 Å². The lowest BCUT2D eigenvalue weighted by Gasteiger charge is -2.18. The molecule has 1 aliphatic rings. The van der Waals surface area contributed by atoms with Gasteiger partial charge in [0.05, 0.1) is 0 Å². The first-order chi connectivity index (χ1) is 13.0. The molecule has 7 heteroatoms. The highest BCUT2D eigenvalue weighted by Gasteiger charge is 2.32. The first-order valence-corrected chi connectivity index (χ1v) is 9.01. The van der Waals surface area contributed by atoms with E-state index in [-0.39, 0.29) is 18.1 Å². The molecular weight excluding hydrogens is 344 g/mol. The Bertz CT molecular complexity index is 980. The van der Waals surface area contributed by atoms with E-state index in [0.29, 0.717) is 18.7 Å². The van der Waals surface area contributed by atoms with E-state index in [9.17, 15) is 4.79 Å². The SMILES string of the molecule is CC1(C)Cc2cccc(OCC(=O)NCCc3nnc4ccccn34)c2O1. The smallest absolute Gasteiger partial charge is 0.257 e. The number of fused-ring (bicyclic) bond motifs is 2. The van der Waals surface area contributed by atoms with Crippen molar-refractivity contribution in [2.75, 3.05) is 13.2 Å². The fourth-order valence-electron chi connectivity index (χ4n) is 3.27. The van der Waals surface area contributed by atoms with Gasteiger partial charge < -0.3 is 14.8 Å². The maximum atomic E-state index is 12.1. The van der Waals surface area contributed by atoms with Gasteiger partial charge >= 0.3 is 0 Å². The summed E-state index contributed by atoms with van der Waals surface area (Å²) in [6.45, 7) is 4.49. The molecule has 0 radical (unpaired) electrons. The van der Waals surface area contributed by atoms with Crippen molar-refractivity contribution in [1.82, 2.24) is 19.9 Å². The van der Waals surface area contributed by atoms with Crippen molar-refractivity contribution in [3.05, 3.63) is 54.0 Å². The van der Waals surface area contributed by atoms with Crippen molar-refractivity contribution >= 4 is 11.6 Å². The molecule has 0 unspecified atom stereocenters. The Balaban J connectivity index is 1.29. The molecule has 0 aliphatic carbocycles. The molecule has 0 saturated heterocycles. The number of pyridine rings is 1. The number of nitrogens with one attached hydrogen (secondary N) is 1. The van der Waals surface area contributed by atoms with Gasteiger partial charge in [-0.2, -0.15) is 0 Å². The predicted octanol–water partition coefficient (Wildman–Crippen LogP) is 2.18. The van der Waals surface area contributed by atoms with Crippen molar-refractivity contribution in [2.45, 2.75) is 32.3 Å². The van der Waals surface area contributed by atoms with Gasteiger partial charge in [0.1, 0.15) is 11.4 Å². The van der Waals surface area contributed by atoms with Crippen molar-refractivity contribution in [2.24, 2.45) is 0 Å². The number of rotatable bonds is 6. The molecule has 7 nitrogen and oxygen atoms in total. The van der Waals surface area contributed by atoms with Crippen LogP contribution >= 0.6 is 0 Å². The first-order valence-electron chi connectivity index (χ1n) is 9.01. The molecule has 1 aliphatic heterocycles. The Morgan fingerprint density at radius 1 is 1.26 bits per heavy atom. The van der Waals surface area contributed by atoms with Crippen LogP contribution in [0.25, 0.3) is 5.65 Å². The normalized spacial score (nSPS) is 14.6. The maximum absolute atomic E-state index is 12.1. The number of carbonyl (C=O) groups excluding carboxylic acids is 1. The number of hydrogen-bond donors (Lipinski definition) is 1. The summed E-state index contributed by atoms with van der Waals surface area (Å²) < 4.78 is 13.6. The summed E-state index contributed by atoms with van der Waals surface area (Å²) in [6, 6.07) is 11.5. The highest BCUT2D eigenvalue weighted by atomic mass is 16.5. The fraction of sp³-hybridized carbons (Fsp3) is 0.350.